The highest BCUT2D eigenvalue weighted by Crippen LogP contribution is 2.20. The van der Waals surface area contributed by atoms with Gasteiger partial charge in [-0.2, -0.15) is 26.6 Å². The molecule has 31 heavy (non-hydrogen) atoms. The zero-order valence-electron chi connectivity index (χ0n) is 16.8. The molecule has 0 fully saturated rings. The van der Waals surface area contributed by atoms with Crippen LogP contribution in [0.3, 0.4) is 0 Å². The molecule has 1 amide bonds. The largest absolute Gasteiger partial charge is 0.351 e. The zero-order chi connectivity index (χ0) is 21.5. The van der Waals surface area contributed by atoms with Crippen LogP contribution in [0.1, 0.15) is 15.9 Å². The Morgan fingerprint density at radius 2 is 2.03 bits per heavy atom. The van der Waals surface area contributed by atoms with Gasteiger partial charge in [0.05, 0.1) is 17.8 Å². The lowest BCUT2D eigenvalue weighted by Crippen LogP contribution is -2.25. The highest BCUT2D eigenvalue weighted by molar-refractivity contribution is 7.98. The first-order valence-electron chi connectivity index (χ1n) is 9.52. The second-order valence-electron chi connectivity index (χ2n) is 6.44. The lowest BCUT2D eigenvalue weighted by Gasteiger charge is -2.04. The molecular weight excluding hydrogens is 412 g/mol. The lowest BCUT2D eigenvalue weighted by atomic mass is 10.1. The summed E-state index contributed by atoms with van der Waals surface area (Å²) in [7, 11) is 0. The van der Waals surface area contributed by atoms with Crippen molar-refractivity contribution in [1.82, 2.24) is 30.0 Å². The molecule has 4 aromatic rings. The van der Waals surface area contributed by atoms with E-state index in [1.807, 2.05) is 36.6 Å². The van der Waals surface area contributed by atoms with Gasteiger partial charge in [-0.25, -0.2) is 15.0 Å². The average Bonchev–Trinajstić information content (AvgIpc) is 3.25. The molecule has 0 aliphatic carbocycles. The molecule has 9 nitrogen and oxygen atoms in total. The molecule has 3 aromatic heterocycles. The molecule has 0 radical (unpaired) electrons. The summed E-state index contributed by atoms with van der Waals surface area (Å²) in [5.74, 6) is 2.01. The van der Waals surface area contributed by atoms with Crippen LogP contribution in [0.25, 0.3) is 16.9 Å². The second-order valence-corrected chi connectivity index (χ2v) is 7.43. The summed E-state index contributed by atoms with van der Waals surface area (Å²) in [6, 6.07) is 12.8. The summed E-state index contributed by atoms with van der Waals surface area (Å²) in [6.07, 6.45) is 8.49. The highest BCUT2D eigenvalue weighted by atomic mass is 32.2. The number of anilines is 1. The van der Waals surface area contributed by atoms with E-state index in [0.29, 0.717) is 29.4 Å². The van der Waals surface area contributed by atoms with Crippen LogP contribution in [-0.2, 0) is 0 Å². The predicted molar refractivity (Wildman–Crippen MR) is 123 cm³/mol. The number of pyridine rings is 1. The van der Waals surface area contributed by atoms with E-state index in [0.717, 1.165) is 16.7 Å². The molecule has 2 N–H and O–H groups in total. The third kappa shape index (κ3) is 4.86. The Hall–Kier alpha value is -3.79. The fraction of sp³-hybridized carbons (Fsp3) is 0.143. The number of amides is 1. The number of carbonyl (C=O) groups excluding carboxylic acids is 1. The molecule has 0 aliphatic rings. The Kier molecular flexibility index (Phi) is 6.48. The molecule has 0 saturated heterocycles. The number of hydrogen-bond acceptors (Lipinski definition) is 8. The third-order valence-electron chi connectivity index (χ3n) is 4.38. The smallest absolute Gasteiger partial charge is 0.251 e. The molecule has 156 valence electrons. The Morgan fingerprint density at radius 3 is 2.81 bits per heavy atom. The van der Waals surface area contributed by atoms with Gasteiger partial charge in [0.1, 0.15) is 6.33 Å². The van der Waals surface area contributed by atoms with E-state index < -0.39 is 0 Å². The van der Waals surface area contributed by atoms with E-state index in [4.69, 9.17) is 0 Å². The third-order valence-corrected chi connectivity index (χ3v) is 4.99. The average molecular weight is 433 g/mol. The van der Waals surface area contributed by atoms with Gasteiger partial charge in [-0.1, -0.05) is 18.2 Å². The first-order valence-corrected chi connectivity index (χ1v) is 10.9. The number of benzene rings is 1. The van der Waals surface area contributed by atoms with Gasteiger partial charge >= 0.3 is 0 Å². The molecule has 0 bridgehead atoms. The maximum Gasteiger partial charge on any atom is 0.251 e. The fourth-order valence-corrected chi connectivity index (χ4v) is 3.14. The summed E-state index contributed by atoms with van der Waals surface area (Å²) in [5.41, 5.74) is 5.03. The van der Waals surface area contributed by atoms with Gasteiger partial charge in [0.25, 0.3) is 5.91 Å². The Morgan fingerprint density at radius 1 is 1.16 bits per heavy atom. The van der Waals surface area contributed by atoms with E-state index >= 15 is 0 Å². The van der Waals surface area contributed by atoms with Crippen molar-refractivity contribution in [3.8, 4) is 5.82 Å². The molecule has 1 aromatic carbocycles. The van der Waals surface area contributed by atoms with Crippen LogP contribution >= 0.6 is 11.8 Å². The molecule has 3 heterocycles. The van der Waals surface area contributed by atoms with Crippen molar-refractivity contribution in [2.45, 2.75) is 0 Å². The van der Waals surface area contributed by atoms with Crippen LogP contribution in [0.2, 0.25) is 0 Å². The minimum absolute atomic E-state index is 0.0797. The van der Waals surface area contributed by atoms with E-state index in [1.165, 1.54) is 6.33 Å². The molecule has 0 atom stereocenters. The molecule has 4 rings (SSSR count). The summed E-state index contributed by atoms with van der Waals surface area (Å²) >= 11 is 1.69. The Labute approximate surface area is 183 Å². The summed E-state index contributed by atoms with van der Waals surface area (Å²) in [5, 5.41) is 12.2. The topological polar surface area (TPSA) is 110 Å². The van der Waals surface area contributed by atoms with Crippen molar-refractivity contribution < 1.29 is 4.79 Å². The molecule has 0 spiro atoms. The van der Waals surface area contributed by atoms with Gasteiger partial charge in [0, 0.05) is 24.1 Å². The van der Waals surface area contributed by atoms with Gasteiger partial charge in [0.15, 0.2) is 17.3 Å². The maximum atomic E-state index is 12.1. The quantitative estimate of drug-likeness (QED) is 0.250. The van der Waals surface area contributed by atoms with Gasteiger partial charge in [-0.15, -0.1) is 0 Å². The van der Waals surface area contributed by atoms with Crippen LogP contribution < -0.4 is 10.7 Å². The normalized spacial score (nSPS) is 11.1. The van der Waals surface area contributed by atoms with E-state index in [9.17, 15) is 4.79 Å². The number of nitrogens with one attached hydrogen (secondary N) is 2. The SMILES string of the molecule is CSCCNC(=O)c1ccc(/C=N/Nc2ncnc3c2cnn3-c2ccccn2)cc1. The number of aromatic nitrogens is 5. The van der Waals surface area contributed by atoms with Crippen molar-refractivity contribution in [2.75, 3.05) is 24.0 Å². The van der Waals surface area contributed by atoms with Crippen LogP contribution in [0.15, 0.2) is 66.3 Å². The number of carbonyl (C=O) groups is 1. The van der Waals surface area contributed by atoms with Crippen LogP contribution in [0, 0.1) is 0 Å². The van der Waals surface area contributed by atoms with E-state index in [1.54, 1.807) is 47.2 Å². The van der Waals surface area contributed by atoms with Crippen molar-refractivity contribution in [3.63, 3.8) is 0 Å². The Bertz CT molecular complexity index is 1190. The van der Waals surface area contributed by atoms with Gasteiger partial charge < -0.3 is 5.32 Å². The minimum Gasteiger partial charge on any atom is -0.351 e. The van der Waals surface area contributed by atoms with Crippen molar-refractivity contribution >= 4 is 40.7 Å². The number of rotatable bonds is 8. The van der Waals surface area contributed by atoms with Crippen molar-refractivity contribution in [2.24, 2.45) is 5.10 Å². The molecular formula is C21H20N8OS. The monoisotopic (exact) mass is 432 g/mol. The molecule has 0 unspecified atom stereocenters. The lowest BCUT2D eigenvalue weighted by molar-refractivity contribution is 0.0956. The molecule has 10 heteroatoms. The highest BCUT2D eigenvalue weighted by Gasteiger charge is 2.11. The summed E-state index contributed by atoms with van der Waals surface area (Å²) < 4.78 is 1.65. The first-order chi connectivity index (χ1) is 15.3. The summed E-state index contributed by atoms with van der Waals surface area (Å²) in [4.78, 5) is 24.9. The van der Waals surface area contributed by atoms with Crippen LogP contribution in [0.4, 0.5) is 5.82 Å². The minimum atomic E-state index is -0.0797. The van der Waals surface area contributed by atoms with Gasteiger partial charge in [-0.05, 0) is 36.1 Å². The number of thioether (sulfide) groups is 1. The second kappa shape index (κ2) is 9.81. The molecule has 0 saturated carbocycles. The number of nitrogens with zero attached hydrogens (tertiary/aromatic N) is 6. The maximum absolute atomic E-state index is 12.1. The standard InChI is InChI=1S/C21H20N8OS/c1-31-11-10-23-21(30)16-7-5-15(6-8-16)12-26-28-19-17-13-27-29(20(17)25-14-24-19)18-4-2-3-9-22-18/h2-9,12-14H,10-11H2,1H3,(H,23,30)(H,24,25,28)/b26-12+. The number of fused-ring (bicyclic) bond motifs is 1. The fourth-order valence-electron chi connectivity index (χ4n) is 2.84. The Balaban J connectivity index is 1.44. The van der Waals surface area contributed by atoms with Crippen molar-refractivity contribution in [3.05, 3.63) is 72.3 Å². The first kappa shape index (κ1) is 20.5. The van der Waals surface area contributed by atoms with E-state index in [-0.39, 0.29) is 5.91 Å². The predicted octanol–water partition coefficient (Wildman–Crippen LogP) is 2.75. The number of hydrogen-bond donors (Lipinski definition) is 2. The van der Waals surface area contributed by atoms with Gasteiger partial charge in [-0.3, -0.25) is 10.2 Å². The zero-order valence-corrected chi connectivity index (χ0v) is 17.6. The van der Waals surface area contributed by atoms with Crippen LogP contribution in [0.5, 0.6) is 0 Å². The van der Waals surface area contributed by atoms with Gasteiger partial charge in [0.2, 0.25) is 0 Å². The van der Waals surface area contributed by atoms with Crippen LogP contribution in [-0.4, -0.2) is 55.4 Å². The molecule has 0 aliphatic heterocycles. The van der Waals surface area contributed by atoms with E-state index in [2.05, 4.69) is 35.9 Å². The summed E-state index contributed by atoms with van der Waals surface area (Å²) in [6.45, 7) is 0.650. The van der Waals surface area contributed by atoms with Crippen molar-refractivity contribution in [1.29, 1.82) is 0 Å². The number of hydrazone groups is 1.